The Morgan fingerprint density at radius 1 is 1.05 bits per heavy atom. The molecule has 1 aliphatic heterocycles. The molecule has 1 heterocycles. The predicted molar refractivity (Wildman–Crippen MR) is 88.8 cm³/mol. The van der Waals surface area contributed by atoms with Crippen LogP contribution >= 0.6 is 0 Å². The van der Waals surface area contributed by atoms with Crippen LogP contribution in [0.25, 0.3) is 0 Å². The van der Waals surface area contributed by atoms with E-state index < -0.39 is 0 Å². The van der Waals surface area contributed by atoms with Gasteiger partial charge in [0.15, 0.2) is 5.78 Å². The third-order valence-corrected chi connectivity index (χ3v) is 4.42. The Hall–Kier alpha value is -1.15. The molecule has 0 bridgehead atoms. The highest BCUT2D eigenvalue weighted by atomic mass is 16.1. The molecule has 0 aliphatic carbocycles. The van der Waals surface area contributed by atoms with E-state index in [1.165, 1.54) is 49.7 Å². The molecule has 0 spiro atoms. The number of hydrogen-bond acceptors (Lipinski definition) is 2. The monoisotopic (exact) mass is 287 g/mol. The van der Waals surface area contributed by atoms with E-state index in [4.69, 9.17) is 0 Å². The smallest absolute Gasteiger partial charge is 0.162 e. The van der Waals surface area contributed by atoms with E-state index in [0.29, 0.717) is 12.2 Å². The Morgan fingerprint density at radius 2 is 1.81 bits per heavy atom. The average molecular weight is 287 g/mol. The van der Waals surface area contributed by atoms with Gasteiger partial charge in [-0.05, 0) is 36.6 Å². The van der Waals surface area contributed by atoms with Gasteiger partial charge in [0.05, 0.1) is 0 Å². The van der Waals surface area contributed by atoms with Gasteiger partial charge in [-0.2, -0.15) is 0 Å². The number of benzene rings is 1. The molecule has 2 rings (SSSR count). The first-order valence-electron chi connectivity index (χ1n) is 8.67. The van der Waals surface area contributed by atoms with Crippen LogP contribution in [0.1, 0.15) is 79.8 Å². The van der Waals surface area contributed by atoms with Gasteiger partial charge in [-0.15, -0.1) is 0 Å². The van der Waals surface area contributed by atoms with E-state index in [1.807, 2.05) is 6.07 Å². The second-order valence-electron chi connectivity index (χ2n) is 6.20. The number of nitrogens with one attached hydrogen (secondary N) is 1. The minimum absolute atomic E-state index is 0.317. The van der Waals surface area contributed by atoms with Crippen molar-refractivity contribution in [2.45, 2.75) is 71.3 Å². The molecule has 0 atom stereocenters. The summed E-state index contributed by atoms with van der Waals surface area (Å²) in [6.07, 6.45) is 10.6. The van der Waals surface area contributed by atoms with Crippen molar-refractivity contribution in [3.8, 4) is 0 Å². The Morgan fingerprint density at radius 3 is 2.62 bits per heavy atom. The maximum atomic E-state index is 12.2. The lowest BCUT2D eigenvalue weighted by Crippen LogP contribution is -2.23. The minimum atomic E-state index is 0.317. The van der Waals surface area contributed by atoms with Crippen molar-refractivity contribution >= 4 is 5.78 Å². The van der Waals surface area contributed by atoms with Crippen molar-refractivity contribution in [1.29, 1.82) is 0 Å². The summed E-state index contributed by atoms with van der Waals surface area (Å²) in [5.74, 6) is 0.317. The van der Waals surface area contributed by atoms with Crippen LogP contribution < -0.4 is 5.32 Å². The lowest BCUT2D eigenvalue weighted by atomic mass is 9.95. The van der Waals surface area contributed by atoms with Gasteiger partial charge in [-0.3, -0.25) is 4.79 Å². The third-order valence-electron chi connectivity index (χ3n) is 4.42. The van der Waals surface area contributed by atoms with E-state index in [2.05, 4.69) is 24.4 Å². The lowest BCUT2D eigenvalue weighted by molar-refractivity contribution is 0.0979. The Balaban J connectivity index is 1.71. The summed E-state index contributed by atoms with van der Waals surface area (Å²) < 4.78 is 0. The quantitative estimate of drug-likeness (QED) is 0.529. The largest absolute Gasteiger partial charge is 0.312 e. The molecule has 2 heteroatoms. The molecule has 116 valence electrons. The topological polar surface area (TPSA) is 29.1 Å². The molecule has 21 heavy (non-hydrogen) atoms. The molecule has 0 amide bonds. The zero-order valence-corrected chi connectivity index (χ0v) is 13.4. The van der Waals surface area contributed by atoms with Crippen molar-refractivity contribution in [3.63, 3.8) is 0 Å². The molecule has 1 aliphatic rings. The van der Waals surface area contributed by atoms with Gasteiger partial charge in [-0.1, -0.05) is 57.6 Å². The van der Waals surface area contributed by atoms with Crippen LogP contribution in [0.2, 0.25) is 0 Å². The fourth-order valence-corrected chi connectivity index (χ4v) is 3.04. The third kappa shape index (κ3) is 5.28. The maximum Gasteiger partial charge on any atom is 0.162 e. The Bertz CT molecular complexity index is 453. The zero-order valence-electron chi connectivity index (χ0n) is 13.4. The minimum Gasteiger partial charge on any atom is -0.312 e. The van der Waals surface area contributed by atoms with E-state index in [0.717, 1.165) is 31.5 Å². The second kappa shape index (κ2) is 8.99. The van der Waals surface area contributed by atoms with Crippen LogP contribution in [-0.2, 0) is 13.0 Å². The number of ketones is 1. The molecule has 0 radical (unpaired) electrons. The van der Waals surface area contributed by atoms with Gasteiger partial charge in [0.25, 0.3) is 0 Å². The van der Waals surface area contributed by atoms with E-state index in [9.17, 15) is 4.79 Å². The average Bonchev–Trinajstić information content (AvgIpc) is 2.53. The van der Waals surface area contributed by atoms with Crippen LogP contribution in [0, 0.1) is 0 Å². The summed E-state index contributed by atoms with van der Waals surface area (Å²) >= 11 is 0. The molecular weight excluding hydrogens is 258 g/mol. The molecule has 1 aromatic rings. The molecule has 0 saturated carbocycles. The highest BCUT2D eigenvalue weighted by Crippen LogP contribution is 2.18. The van der Waals surface area contributed by atoms with Crippen LogP contribution in [-0.4, -0.2) is 12.3 Å². The van der Waals surface area contributed by atoms with Crippen molar-refractivity contribution in [2.24, 2.45) is 0 Å². The molecule has 1 aromatic carbocycles. The molecule has 1 N–H and O–H groups in total. The van der Waals surface area contributed by atoms with Gasteiger partial charge in [0.2, 0.25) is 0 Å². The van der Waals surface area contributed by atoms with Crippen molar-refractivity contribution < 1.29 is 4.79 Å². The number of fused-ring (bicyclic) bond motifs is 1. The summed E-state index contributed by atoms with van der Waals surface area (Å²) in [6.45, 7) is 4.21. The van der Waals surface area contributed by atoms with Crippen LogP contribution in [0.15, 0.2) is 18.2 Å². The number of rotatable bonds is 9. The predicted octanol–water partition coefficient (Wildman–Crippen LogP) is 4.66. The summed E-state index contributed by atoms with van der Waals surface area (Å²) in [6, 6.07) is 6.27. The zero-order chi connectivity index (χ0) is 14.9. The SMILES string of the molecule is CCCCCCCCCC(=O)c1ccc2c(c1)CNCC2. The molecule has 0 aromatic heterocycles. The Kier molecular flexibility index (Phi) is 6.94. The molecular formula is C19H29NO. The Labute approximate surface area is 129 Å². The highest BCUT2D eigenvalue weighted by molar-refractivity contribution is 5.96. The maximum absolute atomic E-state index is 12.2. The molecule has 0 fully saturated rings. The standard InChI is InChI=1S/C19H29NO/c1-2-3-4-5-6-7-8-9-19(21)17-11-10-16-12-13-20-15-18(16)14-17/h10-11,14,20H,2-9,12-13,15H2,1H3. The molecule has 2 nitrogen and oxygen atoms in total. The second-order valence-corrected chi connectivity index (χ2v) is 6.20. The fraction of sp³-hybridized carbons (Fsp3) is 0.632. The number of Topliss-reactive ketones (excluding diaryl/α,β-unsaturated/α-hetero) is 1. The lowest BCUT2D eigenvalue weighted by Gasteiger charge is -2.17. The first kappa shape index (κ1) is 16.2. The van der Waals surface area contributed by atoms with E-state index in [-0.39, 0.29) is 0 Å². The summed E-state index contributed by atoms with van der Waals surface area (Å²) in [5, 5.41) is 3.37. The summed E-state index contributed by atoms with van der Waals surface area (Å²) in [5.41, 5.74) is 3.62. The van der Waals surface area contributed by atoms with Crippen molar-refractivity contribution in [1.82, 2.24) is 5.32 Å². The number of carbonyl (C=O) groups excluding carboxylic acids is 1. The van der Waals surface area contributed by atoms with Gasteiger partial charge < -0.3 is 5.32 Å². The molecule has 0 unspecified atom stereocenters. The summed E-state index contributed by atoms with van der Waals surface area (Å²) in [4.78, 5) is 12.2. The van der Waals surface area contributed by atoms with Gasteiger partial charge in [0.1, 0.15) is 0 Å². The van der Waals surface area contributed by atoms with E-state index >= 15 is 0 Å². The number of unbranched alkanes of at least 4 members (excludes halogenated alkanes) is 6. The number of hydrogen-bond donors (Lipinski definition) is 1. The van der Waals surface area contributed by atoms with E-state index in [1.54, 1.807) is 0 Å². The molecule has 0 saturated heterocycles. The van der Waals surface area contributed by atoms with Crippen molar-refractivity contribution in [3.05, 3.63) is 34.9 Å². The first-order valence-corrected chi connectivity index (χ1v) is 8.67. The van der Waals surface area contributed by atoms with Crippen LogP contribution in [0.3, 0.4) is 0 Å². The highest BCUT2D eigenvalue weighted by Gasteiger charge is 2.12. The first-order chi connectivity index (χ1) is 10.3. The van der Waals surface area contributed by atoms with Crippen LogP contribution in [0.4, 0.5) is 0 Å². The number of carbonyl (C=O) groups is 1. The fourth-order valence-electron chi connectivity index (χ4n) is 3.04. The van der Waals surface area contributed by atoms with Crippen LogP contribution in [0.5, 0.6) is 0 Å². The normalized spacial score (nSPS) is 14.0. The summed E-state index contributed by atoms with van der Waals surface area (Å²) in [7, 11) is 0. The van der Waals surface area contributed by atoms with Crippen molar-refractivity contribution in [2.75, 3.05) is 6.54 Å². The van der Waals surface area contributed by atoms with Gasteiger partial charge in [-0.25, -0.2) is 0 Å². The van der Waals surface area contributed by atoms with Gasteiger partial charge in [0, 0.05) is 18.5 Å². The van der Waals surface area contributed by atoms with Gasteiger partial charge >= 0.3 is 0 Å².